The number of nitrogens with one attached hydrogen (secondary N) is 4. The molecule has 1 aromatic heterocycles. The average Bonchev–Trinajstić information content (AvgIpc) is 2.90. The van der Waals surface area contributed by atoms with Gasteiger partial charge in [-0.2, -0.15) is 0 Å². The van der Waals surface area contributed by atoms with Crippen LogP contribution in [-0.4, -0.2) is 42.2 Å². The van der Waals surface area contributed by atoms with E-state index in [4.69, 9.17) is 0 Å². The van der Waals surface area contributed by atoms with Gasteiger partial charge in [0, 0.05) is 43.1 Å². The van der Waals surface area contributed by atoms with Crippen molar-refractivity contribution in [1.29, 1.82) is 0 Å². The molecular weight excluding hydrogens is 366 g/mol. The number of carbonyl (C=O) groups is 1. The Kier molecular flexibility index (Phi) is 4.45. The minimum absolute atomic E-state index is 0.302. The molecule has 3 aromatic rings. The predicted molar refractivity (Wildman–Crippen MR) is 115 cm³/mol. The van der Waals surface area contributed by atoms with Gasteiger partial charge >= 0.3 is 6.03 Å². The maximum atomic E-state index is 12.0. The molecule has 0 aliphatic carbocycles. The Hall–Kier alpha value is -3.65. The summed E-state index contributed by atoms with van der Waals surface area (Å²) in [4.78, 5) is 23.4. The number of fused-ring (bicyclic) bond motifs is 3. The predicted octanol–water partition coefficient (Wildman–Crippen LogP) is 3.25. The lowest BCUT2D eigenvalue weighted by molar-refractivity contribution is 0.262. The number of urea groups is 1. The molecule has 1 saturated heterocycles. The van der Waals surface area contributed by atoms with Crippen LogP contribution < -0.4 is 26.2 Å². The van der Waals surface area contributed by atoms with Gasteiger partial charge in [0.25, 0.3) is 0 Å². The molecule has 2 aliphatic heterocycles. The molecule has 0 bridgehead atoms. The van der Waals surface area contributed by atoms with E-state index in [2.05, 4.69) is 48.3 Å². The molecule has 2 amide bonds. The summed E-state index contributed by atoms with van der Waals surface area (Å²) in [6, 6.07) is 15.6. The van der Waals surface area contributed by atoms with Gasteiger partial charge in [0.15, 0.2) is 0 Å². The highest BCUT2D eigenvalue weighted by atomic mass is 16.2. The molecule has 2 aliphatic rings. The van der Waals surface area contributed by atoms with Crippen LogP contribution in [0.5, 0.6) is 0 Å². The van der Waals surface area contributed by atoms with Gasteiger partial charge in [-0.1, -0.05) is 18.2 Å². The number of hydrogen-bond acceptors (Lipinski definition) is 6. The lowest BCUT2D eigenvalue weighted by atomic mass is 10.1. The fourth-order valence-electron chi connectivity index (χ4n) is 3.62. The van der Waals surface area contributed by atoms with Crippen LogP contribution >= 0.6 is 0 Å². The molecule has 8 heteroatoms. The van der Waals surface area contributed by atoms with Gasteiger partial charge in [-0.25, -0.2) is 14.8 Å². The summed E-state index contributed by atoms with van der Waals surface area (Å²) in [6.07, 6.45) is 1.63. The van der Waals surface area contributed by atoms with E-state index in [1.807, 2.05) is 36.4 Å². The molecule has 8 nitrogen and oxygen atoms in total. The monoisotopic (exact) mass is 387 g/mol. The lowest BCUT2D eigenvalue weighted by Gasteiger charge is -2.29. The van der Waals surface area contributed by atoms with Crippen LogP contribution in [0.25, 0.3) is 11.3 Å². The first-order valence-electron chi connectivity index (χ1n) is 9.63. The molecule has 146 valence electrons. The molecule has 0 radical (unpaired) electrons. The number of rotatable bonds is 3. The summed E-state index contributed by atoms with van der Waals surface area (Å²) in [5, 5.41) is 12.2. The minimum Gasteiger partial charge on any atom is -0.369 e. The van der Waals surface area contributed by atoms with Crippen LogP contribution in [-0.2, 0) is 0 Å². The van der Waals surface area contributed by atoms with E-state index in [0.29, 0.717) is 23.0 Å². The van der Waals surface area contributed by atoms with E-state index in [1.165, 1.54) is 5.69 Å². The number of amides is 2. The lowest BCUT2D eigenvalue weighted by Crippen LogP contribution is -2.43. The van der Waals surface area contributed by atoms with Crippen LogP contribution in [0, 0.1) is 0 Å². The molecule has 1 fully saturated rings. The van der Waals surface area contributed by atoms with Crippen LogP contribution in [0.15, 0.2) is 54.7 Å². The number of carbonyl (C=O) groups excluding carboxylic acids is 1. The van der Waals surface area contributed by atoms with Crippen molar-refractivity contribution in [2.45, 2.75) is 0 Å². The first kappa shape index (κ1) is 17.4. The highest BCUT2D eigenvalue weighted by Crippen LogP contribution is 2.35. The summed E-state index contributed by atoms with van der Waals surface area (Å²) in [6.45, 7) is 4.05. The Labute approximate surface area is 168 Å². The number of nitrogens with zero attached hydrogens (tertiary/aromatic N) is 3. The van der Waals surface area contributed by atoms with Gasteiger partial charge in [0.1, 0.15) is 5.69 Å². The third-order valence-corrected chi connectivity index (χ3v) is 5.07. The molecule has 3 heterocycles. The number of benzene rings is 2. The zero-order valence-electron chi connectivity index (χ0n) is 15.8. The third kappa shape index (κ3) is 3.57. The fourth-order valence-corrected chi connectivity index (χ4v) is 3.62. The Morgan fingerprint density at radius 2 is 1.69 bits per heavy atom. The average molecular weight is 387 g/mol. The first-order chi connectivity index (χ1) is 14.3. The summed E-state index contributed by atoms with van der Waals surface area (Å²) < 4.78 is 0. The maximum absolute atomic E-state index is 12.0. The van der Waals surface area contributed by atoms with E-state index < -0.39 is 0 Å². The summed E-state index contributed by atoms with van der Waals surface area (Å²) in [5.74, 6) is 0.477. The highest BCUT2D eigenvalue weighted by Gasteiger charge is 2.20. The second-order valence-corrected chi connectivity index (χ2v) is 6.99. The highest BCUT2D eigenvalue weighted by molar-refractivity contribution is 6.07. The Balaban J connectivity index is 1.41. The molecule has 29 heavy (non-hydrogen) atoms. The second kappa shape index (κ2) is 7.40. The van der Waals surface area contributed by atoms with Crippen LogP contribution in [0.2, 0.25) is 0 Å². The Morgan fingerprint density at radius 3 is 2.52 bits per heavy atom. The van der Waals surface area contributed by atoms with Crippen LogP contribution in [0.3, 0.4) is 0 Å². The molecule has 0 atom stereocenters. The first-order valence-corrected chi connectivity index (χ1v) is 9.63. The van der Waals surface area contributed by atoms with E-state index >= 15 is 0 Å². The van der Waals surface area contributed by atoms with E-state index in [1.54, 1.807) is 6.20 Å². The SMILES string of the molecule is O=C1Nc2ccccc2-c2nc(Nc3ccc(N4CCNCC4)cc3)ncc2N1. The molecule has 4 N–H and O–H groups in total. The van der Waals surface area contributed by atoms with E-state index in [0.717, 1.165) is 37.4 Å². The van der Waals surface area contributed by atoms with Gasteiger partial charge in [-0.15, -0.1) is 0 Å². The van der Waals surface area contributed by atoms with Crippen molar-refractivity contribution in [2.24, 2.45) is 0 Å². The minimum atomic E-state index is -0.302. The quantitative estimate of drug-likeness (QED) is 0.551. The van der Waals surface area contributed by atoms with E-state index in [-0.39, 0.29) is 6.03 Å². The van der Waals surface area contributed by atoms with Crippen molar-refractivity contribution in [3.05, 3.63) is 54.7 Å². The third-order valence-electron chi connectivity index (χ3n) is 5.07. The molecule has 5 rings (SSSR count). The zero-order chi connectivity index (χ0) is 19.6. The normalized spacial score (nSPS) is 15.4. The Bertz CT molecular complexity index is 1050. The summed E-state index contributed by atoms with van der Waals surface area (Å²) in [5.41, 5.74) is 4.94. The van der Waals surface area contributed by atoms with Gasteiger partial charge in [-0.3, -0.25) is 0 Å². The zero-order valence-corrected chi connectivity index (χ0v) is 15.8. The van der Waals surface area contributed by atoms with Gasteiger partial charge in [0.05, 0.1) is 17.6 Å². The Morgan fingerprint density at radius 1 is 0.931 bits per heavy atom. The number of aromatic nitrogens is 2. The van der Waals surface area contributed by atoms with Gasteiger partial charge in [0.2, 0.25) is 5.95 Å². The number of hydrogen-bond donors (Lipinski definition) is 4. The van der Waals surface area contributed by atoms with Gasteiger partial charge in [-0.05, 0) is 30.3 Å². The largest absolute Gasteiger partial charge is 0.369 e. The van der Waals surface area contributed by atoms with Crippen molar-refractivity contribution in [3.63, 3.8) is 0 Å². The second-order valence-electron chi connectivity index (χ2n) is 6.99. The molecule has 0 spiro atoms. The molecule has 2 aromatic carbocycles. The standard InChI is InChI=1S/C21H21N7O/c29-21-25-17-4-2-1-3-16(17)19-18(26-21)13-23-20(27-19)24-14-5-7-15(8-6-14)28-11-9-22-10-12-28/h1-8,13,22H,9-12H2,(H,23,24,27)(H2,25,26,29). The van der Waals surface area contributed by atoms with Crippen molar-refractivity contribution in [1.82, 2.24) is 15.3 Å². The summed E-state index contributed by atoms with van der Waals surface area (Å²) in [7, 11) is 0. The van der Waals surface area contributed by atoms with Crippen molar-refractivity contribution < 1.29 is 4.79 Å². The molecule has 0 unspecified atom stereocenters. The maximum Gasteiger partial charge on any atom is 0.323 e. The van der Waals surface area contributed by atoms with E-state index in [9.17, 15) is 4.79 Å². The van der Waals surface area contributed by atoms with Crippen molar-refractivity contribution in [3.8, 4) is 11.3 Å². The van der Waals surface area contributed by atoms with Crippen molar-refractivity contribution in [2.75, 3.05) is 47.0 Å². The fraction of sp³-hybridized carbons (Fsp3) is 0.190. The van der Waals surface area contributed by atoms with Crippen molar-refractivity contribution >= 4 is 34.7 Å². The van der Waals surface area contributed by atoms with Gasteiger partial charge < -0.3 is 26.2 Å². The molecular formula is C21H21N7O. The summed E-state index contributed by atoms with van der Waals surface area (Å²) >= 11 is 0. The number of para-hydroxylation sites is 1. The van der Waals surface area contributed by atoms with Crippen LogP contribution in [0.1, 0.15) is 0 Å². The van der Waals surface area contributed by atoms with Crippen LogP contribution in [0.4, 0.5) is 33.5 Å². The number of anilines is 5. The molecule has 0 saturated carbocycles. The number of piperazine rings is 1. The smallest absolute Gasteiger partial charge is 0.323 e. The topological polar surface area (TPSA) is 94.2 Å².